The Hall–Kier alpha value is -5.72. The first-order valence-electron chi connectivity index (χ1n) is 15.3. The second-order valence-electron chi connectivity index (χ2n) is 11.6. The molecule has 0 aromatic heterocycles. The molecule has 0 N–H and O–H groups in total. The number of fused-ring (bicyclic) bond motifs is 6. The Labute approximate surface area is 256 Å². The van der Waals surface area contributed by atoms with Crippen molar-refractivity contribution in [3.8, 4) is 33.4 Å². The van der Waals surface area contributed by atoms with Crippen LogP contribution in [0.25, 0.3) is 87.2 Å². The van der Waals surface area contributed by atoms with Crippen LogP contribution in [-0.4, -0.2) is 0 Å². The molecule has 9 aromatic carbocycles. The molecule has 0 fully saturated rings. The minimum atomic E-state index is 1.24. The summed E-state index contributed by atoms with van der Waals surface area (Å²) in [4.78, 5) is 0. The Morgan fingerprint density at radius 3 is 1.41 bits per heavy atom. The maximum Gasteiger partial charge on any atom is -0.00199 e. The third kappa shape index (κ3) is 3.78. The summed E-state index contributed by atoms with van der Waals surface area (Å²) in [6, 6.07) is 62.3. The number of rotatable bonds is 3. The zero-order valence-corrected chi connectivity index (χ0v) is 24.2. The lowest BCUT2D eigenvalue weighted by atomic mass is 9.83. The summed E-state index contributed by atoms with van der Waals surface area (Å²) in [7, 11) is 0. The first kappa shape index (κ1) is 24.8. The lowest BCUT2D eigenvalue weighted by molar-refractivity contribution is 1.64. The average Bonchev–Trinajstić information content (AvgIpc) is 3.10. The first-order valence-corrected chi connectivity index (χ1v) is 15.3. The molecular weight excluding hydrogens is 528 g/mol. The van der Waals surface area contributed by atoms with Gasteiger partial charge in [-0.15, -0.1) is 0 Å². The molecule has 204 valence electrons. The van der Waals surface area contributed by atoms with Crippen molar-refractivity contribution in [2.24, 2.45) is 0 Å². The summed E-state index contributed by atoms with van der Waals surface area (Å²) < 4.78 is 0. The van der Waals surface area contributed by atoms with Gasteiger partial charge in [-0.05, 0) is 99.4 Å². The summed E-state index contributed by atoms with van der Waals surface area (Å²) in [5, 5.41) is 12.8. The van der Waals surface area contributed by atoms with Gasteiger partial charge < -0.3 is 0 Å². The van der Waals surface area contributed by atoms with Gasteiger partial charge in [0, 0.05) is 0 Å². The van der Waals surface area contributed by atoms with Crippen molar-refractivity contribution >= 4 is 53.9 Å². The van der Waals surface area contributed by atoms with E-state index >= 15 is 0 Å². The summed E-state index contributed by atoms with van der Waals surface area (Å²) in [6.07, 6.45) is 0. The zero-order valence-electron chi connectivity index (χ0n) is 24.2. The Balaban J connectivity index is 1.39. The molecule has 0 aliphatic rings. The van der Waals surface area contributed by atoms with Gasteiger partial charge in [-0.1, -0.05) is 158 Å². The highest BCUT2D eigenvalue weighted by atomic mass is 14.2. The Morgan fingerprint density at radius 2 is 0.727 bits per heavy atom. The molecule has 0 amide bonds. The second kappa shape index (κ2) is 9.93. The summed E-state index contributed by atoms with van der Waals surface area (Å²) >= 11 is 0. The van der Waals surface area contributed by atoms with Gasteiger partial charge in [0.2, 0.25) is 0 Å². The van der Waals surface area contributed by atoms with Crippen molar-refractivity contribution in [1.82, 2.24) is 0 Å². The first-order chi connectivity index (χ1) is 21.8. The van der Waals surface area contributed by atoms with E-state index in [1.165, 1.54) is 87.2 Å². The second-order valence-corrected chi connectivity index (χ2v) is 11.6. The van der Waals surface area contributed by atoms with Crippen LogP contribution in [0.2, 0.25) is 0 Å². The van der Waals surface area contributed by atoms with Crippen molar-refractivity contribution in [2.75, 3.05) is 0 Å². The fraction of sp³-hybridized carbons (Fsp3) is 0. The van der Waals surface area contributed by atoms with E-state index in [0.29, 0.717) is 0 Å². The van der Waals surface area contributed by atoms with Crippen LogP contribution in [0.5, 0.6) is 0 Å². The minimum Gasteiger partial charge on any atom is -0.0622 e. The molecule has 0 radical (unpaired) electrons. The molecule has 0 unspecified atom stereocenters. The quantitative estimate of drug-likeness (QED) is 0.150. The van der Waals surface area contributed by atoms with E-state index in [0.717, 1.165) is 0 Å². The number of hydrogen-bond donors (Lipinski definition) is 0. The molecule has 0 aliphatic carbocycles. The van der Waals surface area contributed by atoms with E-state index in [-0.39, 0.29) is 0 Å². The van der Waals surface area contributed by atoms with Crippen molar-refractivity contribution in [2.45, 2.75) is 0 Å². The van der Waals surface area contributed by atoms with Gasteiger partial charge in [0.25, 0.3) is 0 Å². The molecule has 0 heterocycles. The van der Waals surface area contributed by atoms with Crippen LogP contribution >= 0.6 is 0 Å². The van der Waals surface area contributed by atoms with Crippen molar-refractivity contribution in [3.05, 3.63) is 170 Å². The van der Waals surface area contributed by atoms with Crippen LogP contribution < -0.4 is 0 Å². The van der Waals surface area contributed by atoms with Crippen LogP contribution in [0.15, 0.2) is 170 Å². The molecule has 0 bridgehead atoms. The lowest BCUT2D eigenvalue weighted by Gasteiger charge is -2.20. The van der Waals surface area contributed by atoms with E-state index in [4.69, 9.17) is 0 Å². The summed E-state index contributed by atoms with van der Waals surface area (Å²) in [6.45, 7) is 0. The monoisotopic (exact) mass is 556 g/mol. The largest absolute Gasteiger partial charge is 0.0622 e. The number of benzene rings is 9. The normalized spacial score (nSPS) is 11.6. The van der Waals surface area contributed by atoms with Gasteiger partial charge in [-0.3, -0.25) is 0 Å². The van der Waals surface area contributed by atoms with Gasteiger partial charge in [0.1, 0.15) is 0 Å². The molecule has 0 aliphatic heterocycles. The predicted molar refractivity (Wildman–Crippen MR) is 190 cm³/mol. The van der Waals surface area contributed by atoms with Crippen LogP contribution in [-0.2, 0) is 0 Å². The van der Waals surface area contributed by atoms with Crippen LogP contribution in [0.1, 0.15) is 0 Å². The Kier molecular flexibility index (Phi) is 5.61. The topological polar surface area (TPSA) is 0 Å². The van der Waals surface area contributed by atoms with E-state index in [1.807, 2.05) is 0 Å². The molecular formula is C44H28. The SMILES string of the molecule is c1ccc(-c2ccc3c(-c4c5ccccc5c(-c5cc6ccccc6c6ccccc56)c5ccccc45)cccc3c2)cc1. The summed E-state index contributed by atoms with van der Waals surface area (Å²) in [5.41, 5.74) is 7.62. The lowest BCUT2D eigenvalue weighted by Crippen LogP contribution is -1.93. The molecule has 0 heteroatoms. The minimum absolute atomic E-state index is 1.24. The molecule has 44 heavy (non-hydrogen) atoms. The van der Waals surface area contributed by atoms with Crippen LogP contribution in [0, 0.1) is 0 Å². The van der Waals surface area contributed by atoms with Crippen molar-refractivity contribution < 1.29 is 0 Å². The number of hydrogen-bond acceptors (Lipinski definition) is 0. The maximum absolute atomic E-state index is 2.40. The molecule has 0 spiro atoms. The van der Waals surface area contributed by atoms with Crippen molar-refractivity contribution in [1.29, 1.82) is 0 Å². The summed E-state index contributed by atoms with van der Waals surface area (Å²) in [5.74, 6) is 0. The van der Waals surface area contributed by atoms with Gasteiger partial charge in [-0.2, -0.15) is 0 Å². The van der Waals surface area contributed by atoms with Gasteiger partial charge in [-0.25, -0.2) is 0 Å². The predicted octanol–water partition coefficient (Wildman–Crippen LogP) is 12.5. The fourth-order valence-electron chi connectivity index (χ4n) is 7.28. The standard InChI is InChI=1S/C44H28/c1-2-13-29(14-3-1)30-25-26-34-31(27-30)16-12-24-37(34)43-38-20-8-10-22-40(38)44(41-23-11-9-21-39(41)43)42-28-32-15-4-5-17-33(32)35-18-6-7-19-36(35)42/h1-28H. The molecule has 9 rings (SSSR count). The zero-order chi connectivity index (χ0) is 29.0. The van der Waals surface area contributed by atoms with Crippen LogP contribution in [0.3, 0.4) is 0 Å². The molecule has 9 aromatic rings. The van der Waals surface area contributed by atoms with Gasteiger partial charge in [0.15, 0.2) is 0 Å². The van der Waals surface area contributed by atoms with Gasteiger partial charge >= 0.3 is 0 Å². The molecule has 0 nitrogen and oxygen atoms in total. The average molecular weight is 557 g/mol. The van der Waals surface area contributed by atoms with E-state index in [2.05, 4.69) is 170 Å². The Morgan fingerprint density at radius 1 is 0.227 bits per heavy atom. The Bertz CT molecular complexity index is 2480. The van der Waals surface area contributed by atoms with Crippen molar-refractivity contribution in [3.63, 3.8) is 0 Å². The maximum atomic E-state index is 2.40. The smallest absolute Gasteiger partial charge is 0.00199 e. The van der Waals surface area contributed by atoms with Gasteiger partial charge in [0.05, 0.1) is 0 Å². The van der Waals surface area contributed by atoms with E-state index < -0.39 is 0 Å². The van der Waals surface area contributed by atoms with Crippen LogP contribution in [0.4, 0.5) is 0 Å². The molecule has 0 saturated carbocycles. The molecule has 0 saturated heterocycles. The highest BCUT2D eigenvalue weighted by molar-refractivity contribution is 6.27. The van der Waals surface area contributed by atoms with E-state index in [9.17, 15) is 0 Å². The third-order valence-corrected chi connectivity index (χ3v) is 9.23. The highest BCUT2D eigenvalue weighted by Gasteiger charge is 2.19. The molecule has 0 atom stereocenters. The third-order valence-electron chi connectivity index (χ3n) is 9.23. The van der Waals surface area contributed by atoms with E-state index in [1.54, 1.807) is 0 Å². The fourth-order valence-corrected chi connectivity index (χ4v) is 7.28. The highest BCUT2D eigenvalue weighted by Crippen LogP contribution is 2.47.